The predicted molar refractivity (Wildman–Crippen MR) is 80.5 cm³/mol. The van der Waals surface area contributed by atoms with Crippen LogP contribution in [0.4, 0.5) is 0 Å². The van der Waals surface area contributed by atoms with Crippen molar-refractivity contribution in [3.63, 3.8) is 0 Å². The van der Waals surface area contributed by atoms with Gasteiger partial charge in [-0.25, -0.2) is 0 Å². The zero-order valence-corrected chi connectivity index (χ0v) is 12.2. The summed E-state index contributed by atoms with van der Waals surface area (Å²) in [5, 5.41) is 37.0. The Morgan fingerprint density at radius 2 is 1.86 bits per heavy atom. The molecule has 1 aliphatic heterocycles. The third kappa shape index (κ3) is 8.80. The van der Waals surface area contributed by atoms with E-state index in [1.165, 1.54) is 0 Å². The molecule has 0 spiro atoms. The van der Waals surface area contributed by atoms with Crippen molar-refractivity contribution in [1.29, 1.82) is 0 Å². The van der Waals surface area contributed by atoms with Gasteiger partial charge in [0.15, 0.2) is 6.29 Å². The Morgan fingerprint density at radius 1 is 1.10 bits per heavy atom. The monoisotopic (exact) mass is 298 g/mol. The topological polar surface area (TPSA) is 90.2 Å². The Hall–Kier alpha value is -0.980. The normalized spacial score (nSPS) is 28.9. The van der Waals surface area contributed by atoms with E-state index in [4.69, 9.17) is 9.84 Å². The maximum Gasteiger partial charge on any atom is 0.157 e. The average molecular weight is 298 g/mol. The van der Waals surface area contributed by atoms with Gasteiger partial charge >= 0.3 is 0 Å². The van der Waals surface area contributed by atoms with Crippen LogP contribution in [-0.4, -0.2) is 51.6 Å². The van der Waals surface area contributed by atoms with Crippen molar-refractivity contribution < 1.29 is 25.2 Å². The molecule has 0 aromatic carbocycles. The highest BCUT2D eigenvalue weighted by Gasteiger charge is 2.25. The standard InChI is InChI=1S/C16H26O5/c17-10-6-8-13(18)7-4-2-1-3-5-9-15-11-14(19)12-16(20)21-15/h1-5,7,13-20H,6,8-12H2/t13?,14-,15-,16-/m1/s1. The first kappa shape index (κ1) is 18.1. The van der Waals surface area contributed by atoms with Crippen LogP contribution in [0.2, 0.25) is 0 Å². The first-order valence-corrected chi connectivity index (χ1v) is 7.42. The van der Waals surface area contributed by atoms with E-state index in [1.54, 1.807) is 12.2 Å². The van der Waals surface area contributed by atoms with Gasteiger partial charge in [0.1, 0.15) is 0 Å². The van der Waals surface area contributed by atoms with Crippen molar-refractivity contribution in [2.75, 3.05) is 6.61 Å². The van der Waals surface area contributed by atoms with Crippen LogP contribution in [0, 0.1) is 0 Å². The van der Waals surface area contributed by atoms with Gasteiger partial charge in [-0.3, -0.25) is 0 Å². The maximum atomic E-state index is 9.51. The lowest BCUT2D eigenvalue weighted by Gasteiger charge is -2.29. The Labute approximate surface area is 125 Å². The fourth-order valence-electron chi connectivity index (χ4n) is 2.14. The van der Waals surface area contributed by atoms with Crippen molar-refractivity contribution in [2.24, 2.45) is 0 Å². The molecule has 0 bridgehead atoms. The lowest BCUT2D eigenvalue weighted by molar-refractivity contribution is -0.187. The summed E-state index contributed by atoms with van der Waals surface area (Å²) in [6.07, 6.45) is 11.4. The van der Waals surface area contributed by atoms with Crippen LogP contribution in [0.15, 0.2) is 36.5 Å². The molecular formula is C16H26O5. The van der Waals surface area contributed by atoms with Gasteiger partial charge in [0, 0.05) is 19.4 Å². The van der Waals surface area contributed by atoms with Crippen LogP contribution < -0.4 is 0 Å². The molecule has 1 rings (SSSR count). The van der Waals surface area contributed by atoms with Crippen LogP contribution >= 0.6 is 0 Å². The lowest BCUT2D eigenvalue weighted by Crippen LogP contribution is -2.35. The van der Waals surface area contributed by atoms with Crippen LogP contribution in [0.3, 0.4) is 0 Å². The van der Waals surface area contributed by atoms with Gasteiger partial charge < -0.3 is 25.2 Å². The van der Waals surface area contributed by atoms with Gasteiger partial charge in [-0.05, 0) is 19.3 Å². The van der Waals surface area contributed by atoms with Crippen molar-refractivity contribution >= 4 is 0 Å². The molecule has 5 nitrogen and oxygen atoms in total. The number of ether oxygens (including phenoxy) is 1. The average Bonchev–Trinajstić information content (AvgIpc) is 2.43. The first-order chi connectivity index (χ1) is 10.1. The van der Waals surface area contributed by atoms with E-state index >= 15 is 0 Å². The van der Waals surface area contributed by atoms with E-state index < -0.39 is 18.5 Å². The fourth-order valence-corrected chi connectivity index (χ4v) is 2.14. The Bertz CT molecular complexity index is 341. The molecule has 0 saturated carbocycles. The van der Waals surface area contributed by atoms with Gasteiger partial charge in [0.25, 0.3) is 0 Å². The van der Waals surface area contributed by atoms with Crippen LogP contribution in [-0.2, 0) is 4.74 Å². The molecule has 0 radical (unpaired) electrons. The minimum atomic E-state index is -0.869. The molecule has 120 valence electrons. The molecule has 1 unspecified atom stereocenters. The number of allylic oxidation sites excluding steroid dienone is 4. The molecule has 4 atom stereocenters. The molecule has 0 aliphatic carbocycles. The van der Waals surface area contributed by atoms with Crippen molar-refractivity contribution in [2.45, 2.75) is 56.7 Å². The molecule has 4 N–H and O–H groups in total. The molecule has 1 saturated heterocycles. The predicted octanol–water partition coefficient (Wildman–Crippen LogP) is 1.04. The van der Waals surface area contributed by atoms with E-state index in [0.717, 1.165) is 0 Å². The van der Waals surface area contributed by atoms with Crippen LogP contribution in [0.5, 0.6) is 0 Å². The molecule has 0 aromatic heterocycles. The van der Waals surface area contributed by atoms with Gasteiger partial charge in [0.05, 0.1) is 18.3 Å². The molecule has 0 amide bonds. The van der Waals surface area contributed by atoms with Crippen molar-refractivity contribution in [3.8, 4) is 0 Å². The second kappa shape index (κ2) is 10.7. The van der Waals surface area contributed by atoms with Gasteiger partial charge in [-0.2, -0.15) is 0 Å². The van der Waals surface area contributed by atoms with Gasteiger partial charge in [0.2, 0.25) is 0 Å². The molecule has 1 heterocycles. The third-order valence-electron chi connectivity index (χ3n) is 3.22. The van der Waals surface area contributed by atoms with E-state index in [-0.39, 0.29) is 19.1 Å². The summed E-state index contributed by atoms with van der Waals surface area (Å²) in [6.45, 7) is 0.0934. The largest absolute Gasteiger partial charge is 0.396 e. The molecular weight excluding hydrogens is 272 g/mol. The smallest absolute Gasteiger partial charge is 0.157 e. The third-order valence-corrected chi connectivity index (χ3v) is 3.22. The van der Waals surface area contributed by atoms with Crippen LogP contribution in [0.1, 0.15) is 32.1 Å². The summed E-state index contributed by atoms with van der Waals surface area (Å²) < 4.78 is 5.31. The van der Waals surface area contributed by atoms with E-state index in [2.05, 4.69) is 0 Å². The van der Waals surface area contributed by atoms with Gasteiger partial charge in [-0.1, -0.05) is 36.5 Å². The molecule has 1 fully saturated rings. The SMILES string of the molecule is OCCCC(O)C=CC=CC=CC[C@@H]1C[C@@H](O)C[C@H](O)O1. The summed E-state index contributed by atoms with van der Waals surface area (Å²) in [4.78, 5) is 0. The minimum Gasteiger partial charge on any atom is -0.396 e. The Kier molecular flexibility index (Phi) is 9.21. The number of hydrogen-bond acceptors (Lipinski definition) is 5. The number of rotatable bonds is 8. The first-order valence-electron chi connectivity index (χ1n) is 7.42. The van der Waals surface area contributed by atoms with E-state index in [1.807, 2.05) is 24.3 Å². The minimum absolute atomic E-state index is 0.0934. The van der Waals surface area contributed by atoms with Gasteiger partial charge in [-0.15, -0.1) is 0 Å². The van der Waals surface area contributed by atoms with Crippen LogP contribution in [0.25, 0.3) is 0 Å². The van der Waals surface area contributed by atoms with Crippen molar-refractivity contribution in [1.82, 2.24) is 0 Å². The number of aliphatic hydroxyl groups excluding tert-OH is 4. The molecule has 0 aromatic rings. The van der Waals surface area contributed by atoms with Crippen molar-refractivity contribution in [3.05, 3.63) is 36.5 Å². The highest BCUT2D eigenvalue weighted by molar-refractivity contribution is 5.12. The summed E-state index contributed by atoms with van der Waals surface area (Å²) >= 11 is 0. The zero-order valence-electron chi connectivity index (χ0n) is 12.2. The quantitative estimate of drug-likeness (QED) is 0.503. The zero-order chi connectivity index (χ0) is 15.5. The second-order valence-electron chi connectivity index (χ2n) is 5.20. The Morgan fingerprint density at radius 3 is 2.57 bits per heavy atom. The van der Waals surface area contributed by atoms with E-state index in [0.29, 0.717) is 25.7 Å². The lowest BCUT2D eigenvalue weighted by atomic mass is 10.0. The molecule has 21 heavy (non-hydrogen) atoms. The Balaban J connectivity index is 2.19. The fraction of sp³-hybridized carbons (Fsp3) is 0.625. The maximum absolute atomic E-state index is 9.51. The van der Waals surface area contributed by atoms with E-state index in [9.17, 15) is 15.3 Å². The molecule has 1 aliphatic rings. The summed E-state index contributed by atoms with van der Waals surface area (Å²) in [7, 11) is 0. The second-order valence-corrected chi connectivity index (χ2v) is 5.20. The number of aliphatic hydroxyl groups is 4. The summed E-state index contributed by atoms with van der Waals surface area (Å²) in [6, 6.07) is 0. The summed E-state index contributed by atoms with van der Waals surface area (Å²) in [5.74, 6) is 0. The highest BCUT2D eigenvalue weighted by Crippen LogP contribution is 2.20. The summed E-state index contributed by atoms with van der Waals surface area (Å²) in [5.41, 5.74) is 0. The molecule has 5 heteroatoms. The number of hydrogen-bond donors (Lipinski definition) is 4. The highest BCUT2D eigenvalue weighted by atomic mass is 16.6.